The SMILES string of the molecule is OC12CC3CC(O)(C1)C(O)(C3)C2. The van der Waals surface area contributed by atoms with Gasteiger partial charge in [-0.3, -0.25) is 0 Å². The van der Waals surface area contributed by atoms with Crippen LogP contribution in [-0.4, -0.2) is 32.1 Å². The van der Waals surface area contributed by atoms with Crippen molar-refractivity contribution in [3.8, 4) is 0 Å². The lowest BCUT2D eigenvalue weighted by Crippen LogP contribution is -2.44. The monoisotopic (exact) mass is 170 g/mol. The highest BCUT2D eigenvalue weighted by Crippen LogP contribution is 2.64. The fraction of sp³-hybridized carbons (Fsp3) is 1.00. The van der Waals surface area contributed by atoms with Gasteiger partial charge in [0.05, 0.1) is 16.8 Å². The summed E-state index contributed by atoms with van der Waals surface area (Å²) < 4.78 is 0. The first-order valence-corrected chi connectivity index (χ1v) is 4.62. The van der Waals surface area contributed by atoms with Crippen molar-refractivity contribution in [3.63, 3.8) is 0 Å². The molecule has 3 nitrogen and oxygen atoms in total. The number of aliphatic hydroxyl groups is 3. The first kappa shape index (κ1) is 7.30. The first-order chi connectivity index (χ1) is 5.45. The highest BCUT2D eigenvalue weighted by atomic mass is 16.4. The summed E-state index contributed by atoms with van der Waals surface area (Å²) in [6.45, 7) is 0. The summed E-state index contributed by atoms with van der Waals surface area (Å²) in [4.78, 5) is 0. The van der Waals surface area contributed by atoms with Crippen LogP contribution in [-0.2, 0) is 0 Å². The molecule has 4 saturated carbocycles. The van der Waals surface area contributed by atoms with E-state index in [1.54, 1.807) is 0 Å². The first-order valence-electron chi connectivity index (χ1n) is 4.62. The standard InChI is InChI=1S/C9H14O3/c10-7-1-6-2-8(11,4-7)9(12,3-6)5-7/h6,10-12H,1-5H2. The summed E-state index contributed by atoms with van der Waals surface area (Å²) in [6, 6.07) is 0. The summed E-state index contributed by atoms with van der Waals surface area (Å²) in [5.41, 5.74) is -2.69. The summed E-state index contributed by atoms with van der Waals surface area (Å²) in [5, 5.41) is 30.0. The highest BCUT2D eigenvalue weighted by molar-refractivity contribution is 5.23. The molecule has 0 spiro atoms. The average Bonchev–Trinajstić information content (AvgIpc) is 2.01. The Kier molecular flexibility index (Phi) is 0.965. The van der Waals surface area contributed by atoms with Crippen molar-refractivity contribution in [2.45, 2.75) is 48.9 Å². The maximum absolute atomic E-state index is 10.0. The molecule has 4 fully saturated rings. The van der Waals surface area contributed by atoms with Gasteiger partial charge in [-0.15, -0.1) is 0 Å². The lowest BCUT2D eigenvalue weighted by molar-refractivity contribution is -0.107. The Morgan fingerprint density at radius 2 is 1.33 bits per heavy atom. The van der Waals surface area contributed by atoms with E-state index >= 15 is 0 Å². The molecule has 0 aromatic rings. The fourth-order valence-electron chi connectivity index (χ4n) is 3.86. The van der Waals surface area contributed by atoms with Gasteiger partial charge >= 0.3 is 0 Å². The molecular weight excluding hydrogens is 156 g/mol. The molecule has 2 unspecified atom stereocenters. The number of rotatable bonds is 0. The van der Waals surface area contributed by atoms with Crippen LogP contribution in [0.3, 0.4) is 0 Å². The third kappa shape index (κ3) is 0.605. The van der Waals surface area contributed by atoms with E-state index in [9.17, 15) is 15.3 Å². The van der Waals surface area contributed by atoms with Gasteiger partial charge in [-0.25, -0.2) is 0 Å². The second kappa shape index (κ2) is 1.59. The number of hydrogen-bond donors (Lipinski definition) is 3. The van der Waals surface area contributed by atoms with E-state index in [2.05, 4.69) is 0 Å². The van der Waals surface area contributed by atoms with Gasteiger partial charge in [0, 0.05) is 12.8 Å². The lowest BCUT2D eigenvalue weighted by Gasteiger charge is -2.34. The Morgan fingerprint density at radius 3 is 1.67 bits per heavy atom. The molecule has 2 atom stereocenters. The molecule has 0 saturated heterocycles. The quantitative estimate of drug-likeness (QED) is 0.471. The van der Waals surface area contributed by atoms with Crippen LogP contribution in [0.2, 0.25) is 0 Å². The van der Waals surface area contributed by atoms with Gasteiger partial charge < -0.3 is 15.3 Å². The van der Waals surface area contributed by atoms with Crippen LogP contribution in [0.5, 0.6) is 0 Å². The average molecular weight is 170 g/mol. The van der Waals surface area contributed by atoms with Crippen LogP contribution in [0.1, 0.15) is 32.1 Å². The fourth-order valence-corrected chi connectivity index (χ4v) is 3.86. The van der Waals surface area contributed by atoms with E-state index in [-0.39, 0.29) is 0 Å². The van der Waals surface area contributed by atoms with Gasteiger partial charge in [-0.05, 0) is 25.2 Å². The molecule has 3 N–H and O–H groups in total. The van der Waals surface area contributed by atoms with Crippen LogP contribution in [0.4, 0.5) is 0 Å². The third-order valence-electron chi connectivity index (χ3n) is 4.03. The predicted octanol–water partition coefficient (Wildman–Crippen LogP) is -0.213. The normalized spacial score (nSPS) is 67.8. The largest absolute Gasteiger partial charge is 0.390 e. The van der Waals surface area contributed by atoms with Crippen molar-refractivity contribution in [2.75, 3.05) is 0 Å². The van der Waals surface area contributed by atoms with Crippen LogP contribution >= 0.6 is 0 Å². The molecule has 0 radical (unpaired) electrons. The smallest absolute Gasteiger partial charge is 0.0964 e. The van der Waals surface area contributed by atoms with Gasteiger partial charge in [-0.2, -0.15) is 0 Å². The topological polar surface area (TPSA) is 60.7 Å². The van der Waals surface area contributed by atoms with Crippen LogP contribution < -0.4 is 0 Å². The summed E-state index contributed by atoms with van der Waals surface area (Å²) >= 11 is 0. The van der Waals surface area contributed by atoms with Crippen molar-refractivity contribution in [2.24, 2.45) is 5.92 Å². The minimum absolute atomic E-state index is 0.340. The summed E-state index contributed by atoms with van der Waals surface area (Å²) in [5.74, 6) is 0.340. The minimum Gasteiger partial charge on any atom is -0.390 e. The Balaban J connectivity index is 2.12. The zero-order chi connectivity index (χ0) is 8.61. The molecule has 68 valence electrons. The van der Waals surface area contributed by atoms with Gasteiger partial charge in [0.15, 0.2) is 0 Å². The van der Waals surface area contributed by atoms with Crippen molar-refractivity contribution in [3.05, 3.63) is 0 Å². The molecule has 0 amide bonds. The lowest BCUT2D eigenvalue weighted by atomic mass is 9.77. The minimum atomic E-state index is -0.968. The van der Waals surface area contributed by atoms with Gasteiger partial charge in [0.25, 0.3) is 0 Å². The van der Waals surface area contributed by atoms with Gasteiger partial charge in [0.2, 0.25) is 0 Å². The molecular formula is C9H14O3. The van der Waals surface area contributed by atoms with E-state index in [4.69, 9.17) is 0 Å². The van der Waals surface area contributed by atoms with E-state index in [1.807, 2.05) is 0 Å². The van der Waals surface area contributed by atoms with Crippen LogP contribution in [0.15, 0.2) is 0 Å². The molecule has 4 rings (SSSR count). The maximum Gasteiger partial charge on any atom is 0.0964 e. The molecule has 0 aromatic heterocycles. The maximum atomic E-state index is 10.0. The van der Waals surface area contributed by atoms with E-state index < -0.39 is 16.8 Å². The molecule has 12 heavy (non-hydrogen) atoms. The van der Waals surface area contributed by atoms with E-state index in [0.717, 1.165) is 6.42 Å². The third-order valence-corrected chi connectivity index (χ3v) is 4.03. The number of hydrogen-bond acceptors (Lipinski definition) is 3. The van der Waals surface area contributed by atoms with Crippen LogP contribution in [0, 0.1) is 5.92 Å². The van der Waals surface area contributed by atoms with E-state index in [0.29, 0.717) is 31.6 Å². The Hall–Kier alpha value is -0.120. The van der Waals surface area contributed by atoms with E-state index in [1.165, 1.54) is 0 Å². The second-order valence-electron chi connectivity index (χ2n) is 5.12. The van der Waals surface area contributed by atoms with Crippen molar-refractivity contribution in [1.82, 2.24) is 0 Å². The molecule has 0 heterocycles. The summed E-state index contributed by atoms with van der Waals surface area (Å²) in [7, 11) is 0. The van der Waals surface area contributed by atoms with Crippen molar-refractivity contribution in [1.29, 1.82) is 0 Å². The molecule has 0 aromatic carbocycles. The Morgan fingerprint density at radius 1 is 0.833 bits per heavy atom. The molecule has 4 bridgehead atoms. The van der Waals surface area contributed by atoms with Gasteiger partial charge in [0.1, 0.15) is 0 Å². The highest BCUT2D eigenvalue weighted by Gasteiger charge is 2.71. The Bertz CT molecular complexity index is 232. The van der Waals surface area contributed by atoms with Gasteiger partial charge in [-0.1, -0.05) is 0 Å². The molecule has 3 heteroatoms. The van der Waals surface area contributed by atoms with Crippen molar-refractivity contribution >= 4 is 0 Å². The zero-order valence-corrected chi connectivity index (χ0v) is 6.95. The second-order valence-corrected chi connectivity index (χ2v) is 5.12. The van der Waals surface area contributed by atoms with Crippen LogP contribution in [0.25, 0.3) is 0 Å². The summed E-state index contributed by atoms with van der Waals surface area (Å²) in [6.07, 6.45) is 2.91. The molecule has 0 aliphatic heterocycles. The Labute approximate surface area is 71.0 Å². The molecule has 4 aliphatic rings. The molecule has 4 aliphatic carbocycles. The van der Waals surface area contributed by atoms with Crippen molar-refractivity contribution < 1.29 is 15.3 Å². The zero-order valence-electron chi connectivity index (χ0n) is 6.95. The predicted molar refractivity (Wildman–Crippen MR) is 41.4 cm³/mol.